The van der Waals surface area contributed by atoms with Crippen LogP contribution in [0.2, 0.25) is 0 Å². The largest absolute Gasteiger partial charge is 0.309 e. The van der Waals surface area contributed by atoms with Gasteiger partial charge in [-0.1, -0.05) is 133 Å². The van der Waals surface area contributed by atoms with E-state index in [2.05, 4.69) is 184 Å². The molecule has 14 rings (SSSR count). The molecule has 298 valence electrons. The van der Waals surface area contributed by atoms with E-state index < -0.39 is 6.04 Å². The molecule has 4 aromatic heterocycles. The number of rotatable bonds is 5. The SMILES string of the molecule is [2H]c1c([2H])c([2H])c(-c2cccc(-c3ccc4sc5cccc(-n6c7ccccc7c7cc(-n8c9ccccc9c9cc(-n%10c%11ccccc%11c%11ccccc%11%10)ccc98)ccc76)c5c4c3)c2)c([2H])c1[2H]. The molecule has 0 saturated heterocycles. The first-order valence-corrected chi connectivity index (χ1v) is 22.3. The van der Waals surface area contributed by atoms with Gasteiger partial charge in [-0.15, -0.1) is 11.3 Å². The van der Waals surface area contributed by atoms with Gasteiger partial charge >= 0.3 is 0 Å². The zero-order valence-electron chi connectivity index (χ0n) is 39.2. The molecule has 0 N–H and O–H groups in total. The van der Waals surface area contributed by atoms with Crippen molar-refractivity contribution < 1.29 is 6.85 Å². The van der Waals surface area contributed by atoms with Crippen LogP contribution in [0.1, 0.15) is 6.85 Å². The van der Waals surface area contributed by atoms with Gasteiger partial charge in [-0.25, -0.2) is 0 Å². The lowest BCUT2D eigenvalue weighted by molar-refractivity contribution is 1.16. The van der Waals surface area contributed by atoms with Crippen molar-refractivity contribution >= 4 is 96.9 Å². The topological polar surface area (TPSA) is 14.8 Å². The molecule has 0 bridgehead atoms. The Kier molecular flexibility index (Phi) is 6.57. The molecule has 0 saturated carbocycles. The summed E-state index contributed by atoms with van der Waals surface area (Å²) in [7, 11) is 0. The van der Waals surface area contributed by atoms with Crippen LogP contribution < -0.4 is 0 Å². The summed E-state index contributed by atoms with van der Waals surface area (Å²) in [5.74, 6) is 0. The zero-order valence-corrected chi connectivity index (χ0v) is 35.0. The highest BCUT2D eigenvalue weighted by atomic mass is 32.1. The minimum absolute atomic E-state index is 0.199. The summed E-state index contributed by atoms with van der Waals surface area (Å²) in [4.78, 5) is 0. The van der Waals surface area contributed by atoms with Gasteiger partial charge in [0.25, 0.3) is 0 Å². The minimum Gasteiger partial charge on any atom is -0.309 e. The number of hydrogen-bond acceptors (Lipinski definition) is 1. The minimum atomic E-state index is -0.395. The Morgan fingerprint density at radius 2 is 0.797 bits per heavy atom. The van der Waals surface area contributed by atoms with Crippen molar-refractivity contribution in [2.24, 2.45) is 0 Å². The third-order valence-electron chi connectivity index (χ3n) is 13.1. The van der Waals surface area contributed by atoms with Crippen molar-refractivity contribution in [3.05, 3.63) is 224 Å². The van der Waals surface area contributed by atoms with E-state index in [1.165, 1.54) is 47.4 Å². The van der Waals surface area contributed by atoms with Gasteiger partial charge in [0.1, 0.15) is 0 Å². The van der Waals surface area contributed by atoms with Crippen LogP contribution in [0.25, 0.3) is 125 Å². The van der Waals surface area contributed by atoms with Gasteiger partial charge < -0.3 is 13.7 Å². The smallest absolute Gasteiger partial charge is 0.0629 e. The second-order valence-corrected chi connectivity index (χ2v) is 17.6. The Hall–Kier alpha value is -8.18. The Labute approximate surface area is 379 Å². The maximum Gasteiger partial charge on any atom is 0.0629 e. The molecule has 0 atom stereocenters. The van der Waals surface area contributed by atoms with E-state index in [-0.39, 0.29) is 29.7 Å². The van der Waals surface area contributed by atoms with Gasteiger partial charge in [0.15, 0.2) is 0 Å². The summed E-state index contributed by atoms with van der Waals surface area (Å²) >= 11 is 1.77. The van der Waals surface area contributed by atoms with Gasteiger partial charge in [-0.2, -0.15) is 0 Å². The van der Waals surface area contributed by atoms with E-state index in [1.54, 1.807) is 11.3 Å². The van der Waals surface area contributed by atoms with Crippen molar-refractivity contribution in [1.82, 2.24) is 13.7 Å². The molecule has 0 radical (unpaired) electrons. The van der Waals surface area contributed by atoms with E-state index in [0.717, 1.165) is 66.4 Å². The summed E-state index contributed by atoms with van der Waals surface area (Å²) in [6, 6.07) is 67.8. The Morgan fingerprint density at radius 3 is 1.41 bits per heavy atom. The van der Waals surface area contributed by atoms with Crippen LogP contribution in [0.4, 0.5) is 0 Å². The number of nitrogens with zero attached hydrogens (tertiary/aromatic N) is 3. The molecule has 0 aliphatic heterocycles. The third-order valence-corrected chi connectivity index (χ3v) is 14.2. The maximum absolute atomic E-state index is 8.64. The predicted octanol–water partition coefficient (Wildman–Crippen LogP) is 16.7. The molecule has 0 unspecified atom stereocenters. The number of benzene rings is 10. The standard InChI is InChI=1S/C60H37N3S/c1-2-14-38(15-3-1)39-16-12-17-40(34-39)41-28-33-58-50(35-41)60-57(26-13-27-59(60)64-58)63-54-25-11-7-21-47(54)49-37-43(30-32-56(49)63)62-53-24-10-6-20-46(53)48-36-42(29-31-55(48)62)61-51-22-8-4-18-44(51)45-19-5-9-23-52(45)61/h1-37H/i1D,2D,3D,14D,15D. The summed E-state index contributed by atoms with van der Waals surface area (Å²) in [5, 5.41) is 9.52. The fraction of sp³-hybridized carbons (Fsp3) is 0. The van der Waals surface area contributed by atoms with Crippen molar-refractivity contribution in [1.29, 1.82) is 0 Å². The lowest BCUT2D eigenvalue weighted by Crippen LogP contribution is -1.97. The number of aromatic nitrogens is 3. The number of fused-ring (bicyclic) bond motifs is 12. The lowest BCUT2D eigenvalue weighted by atomic mass is 9.98. The molecule has 4 heterocycles. The van der Waals surface area contributed by atoms with Gasteiger partial charge in [-0.3, -0.25) is 0 Å². The quantitative estimate of drug-likeness (QED) is 0.164. The van der Waals surface area contributed by atoms with Crippen LogP contribution in [0.3, 0.4) is 0 Å². The van der Waals surface area contributed by atoms with E-state index in [9.17, 15) is 0 Å². The third kappa shape index (κ3) is 5.15. The van der Waals surface area contributed by atoms with Crippen LogP contribution >= 0.6 is 11.3 Å². The van der Waals surface area contributed by atoms with Crippen molar-refractivity contribution in [2.75, 3.05) is 0 Å². The predicted molar refractivity (Wildman–Crippen MR) is 273 cm³/mol. The fourth-order valence-electron chi connectivity index (χ4n) is 10.4. The average molecular weight is 837 g/mol. The molecule has 0 aliphatic carbocycles. The molecular weight excluding hydrogens is 795 g/mol. The van der Waals surface area contributed by atoms with Crippen molar-refractivity contribution in [3.8, 4) is 39.3 Å². The summed E-state index contributed by atoms with van der Waals surface area (Å²) in [6.45, 7) is 0. The highest BCUT2D eigenvalue weighted by molar-refractivity contribution is 7.25. The average Bonchev–Trinajstić information content (AvgIpc) is 4.13. The maximum atomic E-state index is 8.64. The monoisotopic (exact) mass is 836 g/mol. The molecular formula is C60H37N3S. The highest BCUT2D eigenvalue weighted by Gasteiger charge is 2.20. The Balaban J connectivity index is 0.932. The normalized spacial score (nSPS) is 13.2. The van der Waals surface area contributed by atoms with E-state index in [1.807, 2.05) is 24.3 Å². The molecule has 0 spiro atoms. The van der Waals surface area contributed by atoms with Gasteiger partial charge in [-0.05, 0) is 113 Å². The zero-order chi connectivity index (χ0) is 46.2. The molecule has 4 heteroatoms. The van der Waals surface area contributed by atoms with Gasteiger partial charge in [0.05, 0.1) is 45.6 Å². The summed E-state index contributed by atoms with van der Waals surface area (Å²) < 4.78 is 51.5. The Bertz CT molecular complexity index is 4430. The molecule has 10 aromatic carbocycles. The number of hydrogen-bond donors (Lipinski definition) is 0. The van der Waals surface area contributed by atoms with Crippen molar-refractivity contribution in [3.63, 3.8) is 0 Å². The summed E-state index contributed by atoms with van der Waals surface area (Å²) in [5.41, 5.74) is 12.9. The van der Waals surface area contributed by atoms with Crippen LogP contribution in [-0.2, 0) is 0 Å². The number of para-hydroxylation sites is 4. The summed E-state index contributed by atoms with van der Waals surface area (Å²) in [6.07, 6.45) is 0. The van der Waals surface area contributed by atoms with Crippen molar-refractivity contribution in [2.45, 2.75) is 0 Å². The second-order valence-electron chi connectivity index (χ2n) is 16.5. The molecule has 64 heavy (non-hydrogen) atoms. The van der Waals surface area contributed by atoms with Gasteiger partial charge in [0.2, 0.25) is 0 Å². The molecule has 14 aromatic rings. The molecule has 0 fully saturated rings. The van der Waals surface area contributed by atoms with E-state index in [4.69, 9.17) is 6.85 Å². The van der Waals surface area contributed by atoms with Crippen LogP contribution in [0.5, 0.6) is 0 Å². The van der Waals surface area contributed by atoms with Gasteiger partial charge in [0, 0.05) is 63.9 Å². The lowest BCUT2D eigenvalue weighted by Gasteiger charge is -2.12. The number of thiophene rings is 1. The Morgan fingerprint density at radius 1 is 0.312 bits per heavy atom. The van der Waals surface area contributed by atoms with E-state index >= 15 is 0 Å². The first-order valence-electron chi connectivity index (χ1n) is 24.0. The first kappa shape index (κ1) is 30.8. The second kappa shape index (κ2) is 13.7. The molecule has 3 nitrogen and oxygen atoms in total. The van der Waals surface area contributed by atoms with Crippen LogP contribution in [0.15, 0.2) is 224 Å². The molecule has 0 aliphatic rings. The first-order chi connectivity index (χ1) is 33.8. The fourth-order valence-corrected chi connectivity index (χ4v) is 11.5. The van der Waals surface area contributed by atoms with Crippen LogP contribution in [-0.4, -0.2) is 13.7 Å². The van der Waals surface area contributed by atoms with E-state index in [0.29, 0.717) is 5.56 Å². The molecule has 0 amide bonds. The van der Waals surface area contributed by atoms with Crippen LogP contribution in [0, 0.1) is 0 Å². The highest BCUT2D eigenvalue weighted by Crippen LogP contribution is 2.44.